The molecule has 0 saturated carbocycles. The number of nitrogens with one attached hydrogen (secondary N) is 1. The summed E-state index contributed by atoms with van der Waals surface area (Å²) in [5.41, 5.74) is 0. The molecule has 0 saturated heterocycles. The predicted octanol–water partition coefficient (Wildman–Crippen LogP) is 0.398. The molecule has 2 amide bonds. The maximum absolute atomic E-state index is 11.5. The third kappa shape index (κ3) is 7.23. The van der Waals surface area contributed by atoms with E-state index in [4.69, 9.17) is 4.74 Å². The van der Waals surface area contributed by atoms with Crippen LogP contribution in [0.25, 0.3) is 0 Å². The Labute approximate surface area is 97.1 Å². The van der Waals surface area contributed by atoms with Gasteiger partial charge in [0.05, 0.1) is 6.61 Å². The van der Waals surface area contributed by atoms with Crippen LogP contribution in [-0.2, 0) is 14.3 Å². The van der Waals surface area contributed by atoms with Crippen LogP contribution >= 0.6 is 0 Å². The van der Waals surface area contributed by atoms with Gasteiger partial charge in [0.25, 0.3) is 0 Å². The van der Waals surface area contributed by atoms with E-state index in [9.17, 15) is 9.59 Å². The van der Waals surface area contributed by atoms with Crippen molar-refractivity contribution in [2.75, 3.05) is 33.9 Å². The van der Waals surface area contributed by atoms with E-state index in [-0.39, 0.29) is 18.2 Å². The number of ether oxygens (including phenoxy) is 1. The molecule has 0 heterocycles. The van der Waals surface area contributed by atoms with Crippen LogP contribution in [0.5, 0.6) is 0 Å². The van der Waals surface area contributed by atoms with Crippen LogP contribution in [0.3, 0.4) is 0 Å². The average Bonchev–Trinajstić information content (AvgIpc) is 2.26. The van der Waals surface area contributed by atoms with Gasteiger partial charge in [-0.3, -0.25) is 9.59 Å². The molecule has 5 heteroatoms. The van der Waals surface area contributed by atoms with E-state index >= 15 is 0 Å². The fraction of sp³-hybridized carbons (Fsp3) is 0.818. The molecule has 94 valence electrons. The number of carbonyl (C=O) groups is 2. The standard InChI is InChI=1S/C11H22N2O3/c1-4-5-7-13(2)11(15)9-10(14)12-6-8-16-3/h4-9H2,1-3H3,(H,12,14). The van der Waals surface area contributed by atoms with E-state index < -0.39 is 0 Å². The van der Waals surface area contributed by atoms with Gasteiger partial charge in [0.1, 0.15) is 6.42 Å². The summed E-state index contributed by atoms with van der Waals surface area (Å²) < 4.78 is 4.79. The van der Waals surface area contributed by atoms with Crippen LogP contribution in [-0.4, -0.2) is 50.6 Å². The summed E-state index contributed by atoms with van der Waals surface area (Å²) in [6.45, 7) is 3.68. The highest BCUT2D eigenvalue weighted by molar-refractivity contribution is 5.96. The van der Waals surface area contributed by atoms with E-state index in [1.807, 2.05) is 0 Å². The Morgan fingerprint density at radius 2 is 2.06 bits per heavy atom. The molecule has 0 aromatic rings. The molecule has 0 unspecified atom stereocenters. The number of methoxy groups -OCH3 is 1. The number of unbranched alkanes of at least 4 members (excludes halogenated alkanes) is 1. The van der Waals surface area contributed by atoms with Crippen LogP contribution in [0.2, 0.25) is 0 Å². The average molecular weight is 230 g/mol. The first-order valence-electron chi connectivity index (χ1n) is 5.61. The molecule has 5 nitrogen and oxygen atoms in total. The van der Waals surface area contributed by atoms with Crippen molar-refractivity contribution in [3.8, 4) is 0 Å². The molecule has 0 radical (unpaired) electrons. The Hall–Kier alpha value is -1.10. The molecule has 0 spiro atoms. The van der Waals surface area contributed by atoms with Gasteiger partial charge < -0.3 is 15.0 Å². The third-order valence-corrected chi connectivity index (χ3v) is 2.21. The lowest BCUT2D eigenvalue weighted by molar-refractivity contribution is -0.135. The van der Waals surface area contributed by atoms with Crippen LogP contribution in [0.1, 0.15) is 26.2 Å². The molecule has 0 aliphatic carbocycles. The summed E-state index contributed by atoms with van der Waals surface area (Å²) in [4.78, 5) is 24.4. The van der Waals surface area contributed by atoms with Crippen LogP contribution in [0.15, 0.2) is 0 Å². The monoisotopic (exact) mass is 230 g/mol. The zero-order chi connectivity index (χ0) is 12.4. The van der Waals surface area contributed by atoms with Crippen LogP contribution in [0.4, 0.5) is 0 Å². The minimum atomic E-state index is -0.245. The minimum absolute atomic E-state index is 0.0794. The van der Waals surface area contributed by atoms with Gasteiger partial charge in [-0.25, -0.2) is 0 Å². The number of nitrogens with zero attached hydrogens (tertiary/aromatic N) is 1. The molecule has 0 fully saturated rings. The van der Waals surface area contributed by atoms with Gasteiger partial charge in [0.15, 0.2) is 0 Å². The van der Waals surface area contributed by atoms with E-state index in [0.29, 0.717) is 19.7 Å². The maximum Gasteiger partial charge on any atom is 0.231 e. The Morgan fingerprint density at radius 3 is 2.62 bits per heavy atom. The van der Waals surface area contributed by atoms with Gasteiger partial charge in [-0.05, 0) is 6.42 Å². The van der Waals surface area contributed by atoms with Crippen molar-refractivity contribution in [3.05, 3.63) is 0 Å². The van der Waals surface area contributed by atoms with Gasteiger partial charge in [-0.15, -0.1) is 0 Å². The first-order chi connectivity index (χ1) is 7.61. The molecule has 1 N–H and O–H groups in total. The Balaban J connectivity index is 3.72. The number of carbonyl (C=O) groups excluding carboxylic acids is 2. The molecule has 0 aromatic carbocycles. The van der Waals surface area contributed by atoms with Gasteiger partial charge in [0.2, 0.25) is 11.8 Å². The minimum Gasteiger partial charge on any atom is -0.383 e. The Bertz CT molecular complexity index is 219. The van der Waals surface area contributed by atoms with Gasteiger partial charge in [-0.1, -0.05) is 13.3 Å². The Kier molecular flexibility index (Phi) is 8.52. The van der Waals surface area contributed by atoms with E-state index in [2.05, 4.69) is 12.2 Å². The van der Waals surface area contributed by atoms with E-state index in [0.717, 1.165) is 12.8 Å². The summed E-state index contributed by atoms with van der Waals surface area (Å²) in [5, 5.41) is 2.61. The van der Waals surface area contributed by atoms with Crippen molar-refractivity contribution in [2.45, 2.75) is 26.2 Å². The molecule has 0 aromatic heterocycles. The van der Waals surface area contributed by atoms with Crippen LogP contribution in [0, 0.1) is 0 Å². The summed E-state index contributed by atoms with van der Waals surface area (Å²) in [6.07, 6.45) is 1.93. The molecule has 0 aliphatic heterocycles. The summed E-state index contributed by atoms with van der Waals surface area (Å²) >= 11 is 0. The first-order valence-corrected chi connectivity index (χ1v) is 5.61. The predicted molar refractivity (Wildman–Crippen MR) is 62.0 cm³/mol. The Morgan fingerprint density at radius 1 is 1.38 bits per heavy atom. The maximum atomic E-state index is 11.5. The van der Waals surface area contributed by atoms with Crippen molar-refractivity contribution >= 4 is 11.8 Å². The second-order valence-corrected chi connectivity index (χ2v) is 3.69. The zero-order valence-electron chi connectivity index (χ0n) is 10.4. The molecule has 0 atom stereocenters. The number of hydrogen-bond acceptors (Lipinski definition) is 3. The zero-order valence-corrected chi connectivity index (χ0v) is 10.4. The summed E-state index contributed by atoms with van der Waals surface area (Å²) in [5.74, 6) is -0.381. The smallest absolute Gasteiger partial charge is 0.231 e. The topological polar surface area (TPSA) is 58.6 Å². The van der Waals surface area contributed by atoms with Crippen LogP contribution < -0.4 is 5.32 Å². The van der Waals surface area contributed by atoms with E-state index in [1.165, 1.54) is 0 Å². The largest absolute Gasteiger partial charge is 0.383 e. The molecule has 0 bridgehead atoms. The second kappa shape index (κ2) is 9.15. The molecule has 16 heavy (non-hydrogen) atoms. The SMILES string of the molecule is CCCCN(C)C(=O)CC(=O)NCCOC. The lowest BCUT2D eigenvalue weighted by Gasteiger charge is -2.16. The van der Waals surface area contributed by atoms with Crippen molar-refractivity contribution in [1.29, 1.82) is 0 Å². The third-order valence-electron chi connectivity index (χ3n) is 2.21. The van der Waals surface area contributed by atoms with Gasteiger partial charge in [-0.2, -0.15) is 0 Å². The highest BCUT2D eigenvalue weighted by Crippen LogP contribution is 1.95. The highest BCUT2D eigenvalue weighted by atomic mass is 16.5. The normalized spacial score (nSPS) is 9.94. The molecular weight excluding hydrogens is 208 g/mol. The number of rotatable bonds is 8. The molecule has 0 rings (SSSR count). The number of hydrogen-bond donors (Lipinski definition) is 1. The first kappa shape index (κ1) is 14.9. The van der Waals surface area contributed by atoms with E-state index in [1.54, 1.807) is 19.1 Å². The number of amides is 2. The molecular formula is C11H22N2O3. The summed E-state index contributed by atoms with van der Waals surface area (Å²) in [6, 6.07) is 0. The lowest BCUT2D eigenvalue weighted by Crippen LogP contribution is -2.35. The van der Waals surface area contributed by atoms with Crippen molar-refractivity contribution in [1.82, 2.24) is 10.2 Å². The quantitative estimate of drug-likeness (QED) is 0.485. The van der Waals surface area contributed by atoms with Gasteiger partial charge in [0, 0.05) is 27.2 Å². The highest BCUT2D eigenvalue weighted by Gasteiger charge is 2.12. The second-order valence-electron chi connectivity index (χ2n) is 3.69. The van der Waals surface area contributed by atoms with Crippen molar-refractivity contribution in [2.24, 2.45) is 0 Å². The van der Waals surface area contributed by atoms with Gasteiger partial charge >= 0.3 is 0 Å². The van der Waals surface area contributed by atoms with Crippen molar-refractivity contribution < 1.29 is 14.3 Å². The fourth-order valence-corrected chi connectivity index (χ4v) is 1.15. The summed E-state index contributed by atoms with van der Waals surface area (Å²) in [7, 11) is 3.29. The lowest BCUT2D eigenvalue weighted by atomic mass is 10.3. The fourth-order valence-electron chi connectivity index (χ4n) is 1.15. The molecule has 0 aliphatic rings. The van der Waals surface area contributed by atoms with Crippen molar-refractivity contribution in [3.63, 3.8) is 0 Å².